The summed E-state index contributed by atoms with van der Waals surface area (Å²) < 4.78 is 3.40. The highest BCUT2D eigenvalue weighted by atomic mass is 15.2. The van der Waals surface area contributed by atoms with E-state index in [1.165, 1.54) is 0 Å². The molecule has 0 bridgehead atoms. The quantitative estimate of drug-likeness (QED) is 0.420. The van der Waals surface area contributed by atoms with Gasteiger partial charge in [0.1, 0.15) is 6.20 Å². The average molecular weight is 187 g/mol. The number of hydrogen-bond acceptors (Lipinski definition) is 2. The van der Waals surface area contributed by atoms with Gasteiger partial charge in [-0.3, -0.25) is 0 Å². The van der Waals surface area contributed by atoms with Crippen LogP contribution in [-0.2, 0) is 0 Å². The summed E-state index contributed by atoms with van der Waals surface area (Å²) in [5.74, 6) is 0.808. The molecular formula is C10H11N4+. The molecule has 0 saturated heterocycles. The van der Waals surface area contributed by atoms with Crippen LogP contribution in [0.25, 0.3) is 5.82 Å². The maximum atomic E-state index is 4.22. The first-order chi connectivity index (χ1) is 6.79. The summed E-state index contributed by atoms with van der Waals surface area (Å²) in [7, 11) is 0. The molecule has 1 N–H and O–H groups in total. The molecule has 14 heavy (non-hydrogen) atoms. The molecule has 2 heterocycles. The van der Waals surface area contributed by atoms with Gasteiger partial charge in [-0.1, -0.05) is 11.1 Å². The van der Waals surface area contributed by atoms with Gasteiger partial charge in [-0.25, -0.2) is 4.24 Å². The first-order valence-electron chi connectivity index (χ1n) is 4.20. The molecule has 70 valence electrons. The Bertz CT molecular complexity index is 501. The van der Waals surface area contributed by atoms with E-state index in [1.54, 1.807) is 15.0 Å². The SMILES string of the molecule is C=[N+]1[CH-]C=CNC1=c1nccc[n+]1=C. The average Bonchev–Trinajstić information content (AvgIpc) is 2.20. The second kappa shape index (κ2) is 3.33. The van der Waals surface area contributed by atoms with Gasteiger partial charge in [-0.05, 0) is 6.72 Å². The van der Waals surface area contributed by atoms with E-state index < -0.39 is 0 Å². The maximum Gasteiger partial charge on any atom is 0.373 e. The van der Waals surface area contributed by atoms with Crippen LogP contribution < -0.4 is 15.0 Å². The topological polar surface area (TPSA) is 33.8 Å². The molecule has 1 aromatic rings. The number of nitrogens with zero attached hydrogens (tertiary/aromatic N) is 3. The van der Waals surface area contributed by atoms with E-state index in [9.17, 15) is 0 Å². The minimum Gasteiger partial charge on any atom is -0.326 e. The molecule has 1 aromatic heterocycles. The van der Waals surface area contributed by atoms with Crippen molar-refractivity contribution in [2.45, 2.75) is 0 Å². The fourth-order valence-corrected chi connectivity index (χ4v) is 1.22. The van der Waals surface area contributed by atoms with Crippen LogP contribution in [0.3, 0.4) is 0 Å². The van der Waals surface area contributed by atoms with E-state index in [1.807, 2.05) is 31.1 Å². The predicted octanol–water partition coefficient (Wildman–Crippen LogP) is -0.934. The molecule has 0 fully saturated rings. The summed E-state index contributed by atoms with van der Waals surface area (Å²) >= 11 is 0. The summed E-state index contributed by atoms with van der Waals surface area (Å²) in [6, 6.07) is 1.83. The highest BCUT2D eigenvalue weighted by molar-refractivity contribution is 5.36. The normalized spacial score (nSPS) is 18.7. The molecule has 4 heteroatoms. The molecule has 0 spiro atoms. The van der Waals surface area contributed by atoms with Crippen LogP contribution in [0.5, 0.6) is 0 Å². The predicted molar refractivity (Wildman–Crippen MR) is 52.2 cm³/mol. The van der Waals surface area contributed by atoms with Crippen LogP contribution in [0.15, 0.2) is 30.7 Å². The minimum absolute atomic E-state index is 0.739. The van der Waals surface area contributed by atoms with Crippen molar-refractivity contribution in [2.24, 2.45) is 0 Å². The highest BCUT2D eigenvalue weighted by Gasteiger charge is 2.11. The largest absolute Gasteiger partial charge is 0.373 e. The van der Waals surface area contributed by atoms with E-state index in [0.717, 1.165) is 11.3 Å². The Kier molecular flexibility index (Phi) is 2.02. The lowest BCUT2D eigenvalue weighted by Crippen LogP contribution is -2.44. The third-order valence-electron chi connectivity index (χ3n) is 1.90. The lowest BCUT2D eigenvalue weighted by molar-refractivity contribution is -0.526. The Labute approximate surface area is 81.9 Å². The molecule has 1 aliphatic rings. The number of rotatable bonds is 0. The summed E-state index contributed by atoms with van der Waals surface area (Å²) in [4.78, 5) is 4.22. The zero-order chi connectivity index (χ0) is 9.97. The van der Waals surface area contributed by atoms with E-state index in [4.69, 9.17) is 0 Å². The van der Waals surface area contributed by atoms with Crippen molar-refractivity contribution in [3.63, 3.8) is 0 Å². The standard InChI is InChI=1S/C10H11N4/c1-13-7-3-5-11-9(13)10-12-6-4-8-14(10)2/h3-8,11H,1-2H2/q+1. The van der Waals surface area contributed by atoms with Gasteiger partial charge in [-0.15, -0.1) is 0 Å². The summed E-state index contributed by atoms with van der Waals surface area (Å²) in [5, 5.41) is 3.07. The summed E-state index contributed by atoms with van der Waals surface area (Å²) in [5.41, 5.74) is 0.739. The smallest absolute Gasteiger partial charge is 0.326 e. The van der Waals surface area contributed by atoms with Crippen molar-refractivity contribution >= 4 is 12.5 Å². The van der Waals surface area contributed by atoms with Gasteiger partial charge in [0.25, 0.3) is 5.82 Å². The van der Waals surface area contributed by atoms with Crippen molar-refractivity contribution in [1.82, 2.24) is 10.3 Å². The van der Waals surface area contributed by atoms with Crippen LogP contribution in [0, 0.1) is 13.3 Å². The highest BCUT2D eigenvalue weighted by Crippen LogP contribution is 1.98. The molecule has 2 rings (SSSR count). The number of hydrogen-bond donors (Lipinski definition) is 1. The lowest BCUT2D eigenvalue weighted by atomic mass is 10.4. The second-order valence-electron chi connectivity index (χ2n) is 2.88. The van der Waals surface area contributed by atoms with Crippen LogP contribution in [0.4, 0.5) is 0 Å². The summed E-state index contributed by atoms with van der Waals surface area (Å²) in [6.07, 6.45) is 7.25. The fraction of sp³-hybridized carbons (Fsp3) is 0. The first-order valence-corrected chi connectivity index (χ1v) is 4.20. The van der Waals surface area contributed by atoms with Crippen LogP contribution >= 0.6 is 0 Å². The van der Waals surface area contributed by atoms with Gasteiger partial charge in [0.2, 0.25) is 0 Å². The van der Waals surface area contributed by atoms with E-state index in [-0.39, 0.29) is 0 Å². The molecule has 0 radical (unpaired) electrons. The molecule has 1 aliphatic heterocycles. The molecule has 0 amide bonds. The molecule has 0 aromatic carbocycles. The Balaban J connectivity index is 2.71. The van der Waals surface area contributed by atoms with E-state index in [0.29, 0.717) is 0 Å². The molecule has 0 unspecified atom stereocenters. The maximum absolute atomic E-state index is 4.22. The van der Waals surface area contributed by atoms with Crippen LogP contribution in [0.1, 0.15) is 0 Å². The van der Waals surface area contributed by atoms with Crippen molar-refractivity contribution in [1.29, 1.82) is 0 Å². The van der Waals surface area contributed by atoms with Gasteiger partial charge in [0.15, 0.2) is 0 Å². The van der Waals surface area contributed by atoms with Crippen molar-refractivity contribution in [3.05, 3.63) is 49.5 Å². The number of nitrogens with one attached hydrogen (secondary N) is 1. The Morgan fingerprint density at radius 1 is 1.43 bits per heavy atom. The van der Waals surface area contributed by atoms with Gasteiger partial charge in [0.05, 0.1) is 12.9 Å². The molecule has 4 nitrogen and oxygen atoms in total. The van der Waals surface area contributed by atoms with Crippen LogP contribution in [0.2, 0.25) is 0 Å². The van der Waals surface area contributed by atoms with Gasteiger partial charge >= 0.3 is 5.48 Å². The monoisotopic (exact) mass is 187 g/mol. The first kappa shape index (κ1) is 8.50. The Hall–Kier alpha value is -2.10. The van der Waals surface area contributed by atoms with E-state index in [2.05, 4.69) is 23.7 Å². The molecule has 0 atom stereocenters. The minimum atomic E-state index is 0.739. The van der Waals surface area contributed by atoms with Crippen LogP contribution in [-0.4, -0.2) is 16.3 Å². The fourth-order valence-electron chi connectivity index (χ4n) is 1.22. The second-order valence-corrected chi connectivity index (χ2v) is 2.88. The Morgan fingerprint density at radius 2 is 2.29 bits per heavy atom. The van der Waals surface area contributed by atoms with Gasteiger partial charge in [-0.2, -0.15) is 0 Å². The zero-order valence-electron chi connectivity index (χ0n) is 7.72. The number of aromatic nitrogens is 2. The third-order valence-corrected chi connectivity index (χ3v) is 1.90. The van der Waals surface area contributed by atoms with E-state index >= 15 is 0 Å². The van der Waals surface area contributed by atoms with Crippen molar-refractivity contribution in [2.75, 3.05) is 0 Å². The molecule has 0 saturated carbocycles. The van der Waals surface area contributed by atoms with Gasteiger partial charge < -0.3 is 9.89 Å². The molecular weight excluding hydrogens is 176 g/mol. The lowest BCUT2D eigenvalue weighted by Gasteiger charge is -2.12. The van der Waals surface area contributed by atoms with Crippen molar-refractivity contribution < 1.29 is 8.82 Å². The Morgan fingerprint density at radius 3 is 3.00 bits per heavy atom. The zero-order valence-corrected chi connectivity index (χ0v) is 7.72. The summed E-state index contributed by atoms with van der Waals surface area (Å²) in [6.45, 7) is 9.52. The molecule has 0 aliphatic carbocycles. The third kappa shape index (κ3) is 1.37. The van der Waals surface area contributed by atoms with Crippen molar-refractivity contribution in [3.8, 4) is 0 Å². The van der Waals surface area contributed by atoms with Gasteiger partial charge in [0, 0.05) is 18.8 Å².